The van der Waals surface area contributed by atoms with Gasteiger partial charge in [-0.05, 0) is 64.4 Å². The van der Waals surface area contributed by atoms with Crippen LogP contribution in [0.2, 0.25) is 0 Å². The van der Waals surface area contributed by atoms with Crippen molar-refractivity contribution in [1.82, 2.24) is 0 Å². The fourth-order valence-corrected chi connectivity index (χ4v) is 2.47. The van der Waals surface area contributed by atoms with Gasteiger partial charge in [0.2, 0.25) is 0 Å². The molecule has 0 aromatic rings. The lowest BCUT2D eigenvalue weighted by Crippen LogP contribution is -2.19. The molecule has 1 atom stereocenters. The summed E-state index contributed by atoms with van der Waals surface area (Å²) < 4.78 is 4.92. The van der Waals surface area contributed by atoms with Crippen LogP contribution in [0.3, 0.4) is 0 Å². The number of rotatable bonds is 7. The highest BCUT2D eigenvalue weighted by molar-refractivity contribution is 5.83. The summed E-state index contributed by atoms with van der Waals surface area (Å²) in [4.78, 5) is 11.4. The van der Waals surface area contributed by atoms with Gasteiger partial charge < -0.3 is 9.84 Å². The van der Waals surface area contributed by atoms with Gasteiger partial charge in [0.05, 0.1) is 12.2 Å². The van der Waals surface area contributed by atoms with Gasteiger partial charge in [-0.1, -0.05) is 18.6 Å². The van der Waals surface area contributed by atoms with Crippen LogP contribution in [0.25, 0.3) is 0 Å². The van der Waals surface area contributed by atoms with Crippen molar-refractivity contribution in [2.24, 2.45) is 5.92 Å². The van der Waals surface area contributed by atoms with Gasteiger partial charge in [0.15, 0.2) is 0 Å². The van der Waals surface area contributed by atoms with Crippen molar-refractivity contribution in [3.05, 3.63) is 23.3 Å². The molecule has 114 valence electrons. The highest BCUT2D eigenvalue weighted by Crippen LogP contribution is 2.30. The number of hydrogen-bond donors (Lipinski definition) is 1. The van der Waals surface area contributed by atoms with Crippen LogP contribution in [-0.4, -0.2) is 23.3 Å². The molecule has 0 fully saturated rings. The molecule has 0 radical (unpaired) electrons. The van der Waals surface area contributed by atoms with E-state index >= 15 is 0 Å². The van der Waals surface area contributed by atoms with E-state index in [9.17, 15) is 9.90 Å². The number of esters is 1. The standard InChI is InChI=1S/C17H28O3/c1-5-20-16(18)12-15-7-6-14(11-15)10-13(2)8-9-17(3,4)19/h11-13,19H,5-10H2,1-4H3. The van der Waals surface area contributed by atoms with Crippen LogP contribution >= 0.6 is 0 Å². The molecule has 20 heavy (non-hydrogen) atoms. The number of carbonyl (C=O) groups is 1. The van der Waals surface area contributed by atoms with Crippen molar-refractivity contribution >= 4 is 5.97 Å². The minimum Gasteiger partial charge on any atom is -0.463 e. The van der Waals surface area contributed by atoms with Crippen LogP contribution in [-0.2, 0) is 9.53 Å². The molecule has 0 amide bonds. The highest BCUT2D eigenvalue weighted by atomic mass is 16.5. The Morgan fingerprint density at radius 1 is 1.50 bits per heavy atom. The molecule has 0 saturated carbocycles. The third-order valence-electron chi connectivity index (χ3n) is 3.57. The Balaban J connectivity index is 2.43. The van der Waals surface area contributed by atoms with Crippen LogP contribution < -0.4 is 0 Å². The minimum atomic E-state index is -0.576. The second-order valence-electron chi connectivity index (χ2n) is 6.43. The normalized spacial score (nSPS) is 19.1. The number of hydrogen-bond acceptors (Lipinski definition) is 3. The Hall–Kier alpha value is -1.09. The molecule has 0 aromatic heterocycles. The summed E-state index contributed by atoms with van der Waals surface area (Å²) >= 11 is 0. The quantitative estimate of drug-likeness (QED) is 0.570. The van der Waals surface area contributed by atoms with E-state index in [1.54, 1.807) is 6.08 Å². The number of carbonyl (C=O) groups excluding carboxylic acids is 1. The summed E-state index contributed by atoms with van der Waals surface area (Å²) in [5.74, 6) is 0.324. The topological polar surface area (TPSA) is 46.5 Å². The largest absolute Gasteiger partial charge is 0.463 e. The second-order valence-corrected chi connectivity index (χ2v) is 6.43. The molecule has 1 aliphatic rings. The molecular weight excluding hydrogens is 252 g/mol. The summed E-state index contributed by atoms with van der Waals surface area (Å²) in [7, 11) is 0. The van der Waals surface area contributed by atoms with Gasteiger partial charge in [0.25, 0.3) is 0 Å². The molecule has 0 saturated heterocycles. The minimum absolute atomic E-state index is 0.241. The van der Waals surface area contributed by atoms with Crippen molar-refractivity contribution in [3.8, 4) is 0 Å². The van der Waals surface area contributed by atoms with E-state index in [4.69, 9.17) is 4.74 Å². The Morgan fingerprint density at radius 3 is 2.80 bits per heavy atom. The number of allylic oxidation sites excluding steroid dienone is 3. The van der Waals surface area contributed by atoms with E-state index in [1.165, 1.54) is 5.57 Å². The van der Waals surface area contributed by atoms with Gasteiger partial charge in [-0.2, -0.15) is 0 Å². The Labute approximate surface area is 122 Å². The fraction of sp³-hybridized carbons (Fsp3) is 0.706. The van der Waals surface area contributed by atoms with Gasteiger partial charge in [0.1, 0.15) is 0 Å². The predicted octanol–water partition coefficient (Wildman–Crippen LogP) is 3.77. The molecule has 0 heterocycles. The van der Waals surface area contributed by atoms with Crippen molar-refractivity contribution < 1.29 is 14.6 Å². The zero-order chi connectivity index (χ0) is 15.2. The highest BCUT2D eigenvalue weighted by Gasteiger charge is 2.17. The third kappa shape index (κ3) is 6.90. The summed E-state index contributed by atoms with van der Waals surface area (Å²) in [6.45, 7) is 8.17. The molecule has 1 unspecified atom stereocenters. The summed E-state index contributed by atoms with van der Waals surface area (Å²) in [6, 6.07) is 0. The molecule has 0 bridgehead atoms. The lowest BCUT2D eigenvalue weighted by atomic mass is 9.91. The first-order valence-electron chi connectivity index (χ1n) is 7.59. The zero-order valence-electron chi connectivity index (χ0n) is 13.2. The summed E-state index contributed by atoms with van der Waals surface area (Å²) in [5.41, 5.74) is 1.91. The van der Waals surface area contributed by atoms with Crippen molar-refractivity contribution in [1.29, 1.82) is 0 Å². The molecule has 3 nitrogen and oxygen atoms in total. The Bertz CT molecular complexity index is 386. The van der Waals surface area contributed by atoms with Gasteiger partial charge in [-0.15, -0.1) is 0 Å². The third-order valence-corrected chi connectivity index (χ3v) is 3.57. The van der Waals surface area contributed by atoms with Crippen molar-refractivity contribution in [2.45, 2.75) is 65.4 Å². The molecule has 1 aliphatic carbocycles. The predicted molar refractivity (Wildman–Crippen MR) is 81.3 cm³/mol. The second kappa shape index (κ2) is 7.63. The molecular formula is C17H28O3. The van der Waals surface area contributed by atoms with Crippen LogP contribution in [0.15, 0.2) is 23.3 Å². The molecule has 0 spiro atoms. The first-order valence-corrected chi connectivity index (χ1v) is 7.59. The first-order chi connectivity index (χ1) is 9.30. The Kier molecular flexibility index (Phi) is 6.47. The number of ether oxygens (including phenoxy) is 1. The van der Waals surface area contributed by atoms with E-state index in [0.29, 0.717) is 12.5 Å². The smallest absolute Gasteiger partial charge is 0.331 e. The zero-order valence-corrected chi connectivity index (χ0v) is 13.2. The maximum absolute atomic E-state index is 11.4. The molecule has 0 aliphatic heterocycles. The lowest BCUT2D eigenvalue weighted by Gasteiger charge is -2.20. The van der Waals surface area contributed by atoms with Crippen molar-refractivity contribution in [3.63, 3.8) is 0 Å². The SMILES string of the molecule is CCOC(=O)C=C1C=C(CC(C)CCC(C)(C)O)CC1. The van der Waals surface area contributed by atoms with Crippen LogP contribution in [0.5, 0.6) is 0 Å². The van der Waals surface area contributed by atoms with Crippen LogP contribution in [0, 0.1) is 5.92 Å². The number of aliphatic hydroxyl groups is 1. The van der Waals surface area contributed by atoms with Crippen LogP contribution in [0.4, 0.5) is 0 Å². The van der Waals surface area contributed by atoms with E-state index in [0.717, 1.165) is 37.7 Å². The van der Waals surface area contributed by atoms with Gasteiger partial charge in [0, 0.05) is 6.08 Å². The molecule has 3 heteroatoms. The van der Waals surface area contributed by atoms with E-state index < -0.39 is 5.60 Å². The maximum atomic E-state index is 11.4. The van der Waals surface area contributed by atoms with E-state index in [1.807, 2.05) is 20.8 Å². The summed E-state index contributed by atoms with van der Waals surface area (Å²) in [6.07, 6.45) is 8.63. The van der Waals surface area contributed by atoms with Crippen molar-refractivity contribution in [2.75, 3.05) is 6.61 Å². The average molecular weight is 280 g/mol. The van der Waals surface area contributed by atoms with Gasteiger partial charge >= 0.3 is 5.97 Å². The van der Waals surface area contributed by atoms with Crippen LogP contribution in [0.1, 0.15) is 59.8 Å². The molecule has 0 aromatic carbocycles. The average Bonchev–Trinajstić information content (AvgIpc) is 2.73. The maximum Gasteiger partial charge on any atom is 0.331 e. The van der Waals surface area contributed by atoms with Gasteiger partial charge in [-0.3, -0.25) is 0 Å². The first kappa shape index (κ1) is 17.0. The summed E-state index contributed by atoms with van der Waals surface area (Å²) in [5, 5.41) is 9.74. The van der Waals surface area contributed by atoms with Gasteiger partial charge in [-0.25, -0.2) is 4.79 Å². The van der Waals surface area contributed by atoms with E-state index in [-0.39, 0.29) is 5.97 Å². The molecule has 1 N–H and O–H groups in total. The lowest BCUT2D eigenvalue weighted by molar-refractivity contribution is -0.137. The monoisotopic (exact) mass is 280 g/mol. The van der Waals surface area contributed by atoms with E-state index in [2.05, 4.69) is 13.0 Å². The fourth-order valence-electron chi connectivity index (χ4n) is 2.47. The Morgan fingerprint density at radius 2 is 2.20 bits per heavy atom. The molecule has 1 rings (SSSR count).